The minimum Gasteiger partial charge on any atom is -1.00 e. The molecule has 0 saturated carbocycles. The van der Waals surface area contributed by atoms with Crippen LogP contribution in [0.25, 0.3) is 0 Å². The largest absolute Gasteiger partial charge is 2.00 e. The van der Waals surface area contributed by atoms with E-state index in [2.05, 4.69) is 70.4 Å². The van der Waals surface area contributed by atoms with Crippen molar-refractivity contribution < 1.29 is 35.4 Å². The Balaban J connectivity index is 0. The number of carbonyl (C=O) groups is 1. The van der Waals surface area contributed by atoms with Crippen LogP contribution < -0.4 is 5.11 Å². The van der Waals surface area contributed by atoms with E-state index in [-0.39, 0.29) is 55.9 Å². The predicted molar refractivity (Wildman–Crippen MR) is 250 cm³/mol. The summed E-state index contributed by atoms with van der Waals surface area (Å²) in [4.78, 5) is 17.3. The summed E-state index contributed by atoms with van der Waals surface area (Å²) in [5.41, 5.74) is 3.15. The molecular weight excluding hydrogens is 767 g/mol. The topological polar surface area (TPSA) is 107 Å². The van der Waals surface area contributed by atoms with Gasteiger partial charge in [0.1, 0.15) is 12.3 Å². The summed E-state index contributed by atoms with van der Waals surface area (Å²) in [6, 6.07) is 0.532. The van der Waals surface area contributed by atoms with Crippen LogP contribution in [0.2, 0.25) is 0 Å². The maximum absolute atomic E-state index is 10.8. The fourth-order valence-corrected chi connectivity index (χ4v) is 8.72. The third kappa shape index (κ3) is 26.2. The zero-order valence-corrected chi connectivity index (χ0v) is 41.4. The Morgan fingerprint density at radius 2 is 1.42 bits per heavy atom. The molecule has 350 valence electrons. The van der Waals surface area contributed by atoms with Gasteiger partial charge in [0.2, 0.25) is 5.91 Å². The number of ether oxygens (including phenoxy) is 4. The smallest absolute Gasteiger partial charge is 1.00 e. The molecule has 2 unspecified atom stereocenters. The number of hydrogen-bond donors (Lipinski definition) is 1. The Hall–Kier alpha value is -0.604. The van der Waals surface area contributed by atoms with Gasteiger partial charge in [0.25, 0.3) is 0 Å². The van der Waals surface area contributed by atoms with Gasteiger partial charge in [0.05, 0.1) is 46.2 Å². The van der Waals surface area contributed by atoms with E-state index in [1.54, 1.807) is 11.1 Å². The van der Waals surface area contributed by atoms with E-state index in [1.165, 1.54) is 101 Å². The number of morpholine rings is 3. The van der Waals surface area contributed by atoms with Crippen molar-refractivity contribution in [2.45, 2.75) is 175 Å². The Bertz CT molecular complexity index is 1050. The monoisotopic (exact) mass is 861 g/mol. The van der Waals surface area contributed by atoms with Crippen LogP contribution in [-0.4, -0.2) is 159 Å². The quantitative estimate of drug-likeness (QED) is 0.0550. The molecule has 10 nitrogen and oxygen atoms in total. The molecule has 2 atom stereocenters. The van der Waals surface area contributed by atoms with Gasteiger partial charge in [-0.2, -0.15) is 6.42 Å². The van der Waals surface area contributed by atoms with E-state index in [0.717, 1.165) is 90.8 Å². The number of aliphatic hydroxyl groups is 1. The third-order valence-electron chi connectivity index (χ3n) is 11.8. The van der Waals surface area contributed by atoms with Gasteiger partial charge in [-0.15, -0.1) is 6.61 Å². The molecule has 0 bridgehead atoms. The molecule has 4 fully saturated rings. The summed E-state index contributed by atoms with van der Waals surface area (Å²) in [7, 11) is 0. The first-order valence-corrected chi connectivity index (χ1v) is 24.3. The number of fused-ring (bicyclic) bond motifs is 1. The minimum absolute atomic E-state index is 0. The molecule has 0 radical (unpaired) electrons. The van der Waals surface area contributed by atoms with Crippen LogP contribution in [0.5, 0.6) is 0 Å². The van der Waals surface area contributed by atoms with Crippen LogP contribution >= 0.6 is 0 Å². The molecule has 0 aromatic heterocycles. The number of β-amino-alcohol motifs (C(OH)–C–C–N with tert-alkyl or cyclic N) is 1. The van der Waals surface area contributed by atoms with Crippen LogP contribution in [0, 0.1) is 12.8 Å². The van der Waals surface area contributed by atoms with Crippen LogP contribution in [0.1, 0.15) is 165 Å². The number of unbranched alkanes of at least 4 members (excludes halogenated alkanes) is 1. The fraction of sp³-hybridized carbons (Fsp3) is 0.878. The summed E-state index contributed by atoms with van der Waals surface area (Å²) in [6.07, 6.45) is 28.7. The van der Waals surface area contributed by atoms with Crippen LogP contribution in [0.3, 0.4) is 0 Å². The van der Waals surface area contributed by atoms with Gasteiger partial charge in [0, 0.05) is 45.3 Å². The van der Waals surface area contributed by atoms with Crippen LogP contribution in [0.4, 0.5) is 0 Å². The van der Waals surface area contributed by atoms with Gasteiger partial charge < -0.3 is 42.4 Å². The molecule has 0 aliphatic carbocycles. The first-order valence-electron chi connectivity index (χ1n) is 24.3. The number of amides is 1. The molecule has 4 aliphatic rings. The number of allylic oxidation sites excluding steroid dienone is 4. The van der Waals surface area contributed by atoms with Gasteiger partial charge in [-0.25, -0.2) is 0 Å². The average Bonchev–Trinajstić information content (AvgIpc) is 3.67. The van der Waals surface area contributed by atoms with E-state index in [1.807, 2.05) is 0 Å². The molecule has 0 aromatic rings. The Labute approximate surface area is 387 Å². The maximum atomic E-state index is 10.8. The number of aliphatic hydroxyl groups excluding tert-OH is 1. The van der Waals surface area contributed by atoms with Gasteiger partial charge in [-0.05, 0) is 50.9 Å². The van der Waals surface area contributed by atoms with Gasteiger partial charge in [-0.1, -0.05) is 135 Å². The first kappa shape index (κ1) is 59.4. The number of nitrogens with zero attached hydrogens (tertiary/aromatic N) is 3. The van der Waals surface area contributed by atoms with E-state index in [4.69, 9.17) is 24.1 Å². The first-order chi connectivity index (χ1) is 28.8. The van der Waals surface area contributed by atoms with Crippen LogP contribution in [0.15, 0.2) is 23.3 Å². The molecule has 4 rings (SSSR count). The standard InChI is InChI=1S/C16H29NO2.C16H33NO2.C11H21.C6H10NO3.Mg.H/c1-3-6-15(7-4-2)8-5-9-16-14-18-12-10-17(16)11-13-19-16;1-3-6-15(7-4-2)8-5-9-16-14-19-13-11-17(16)10-12-18;1-4-7-10-11(8-5-2)9-6-3;8-3-1-7-2-4-10-5-6(7)9;;/h8H,3-7,9-14H2,1-2H3;15-16,18H,3-14H2,1-2H3;10H,1,4-9H2,2-3H3;1-5H2;;/q;;2*-1;+2;-1. The van der Waals surface area contributed by atoms with Crippen molar-refractivity contribution in [3.8, 4) is 0 Å². The summed E-state index contributed by atoms with van der Waals surface area (Å²) in [5.74, 6) is 0.855. The van der Waals surface area contributed by atoms with E-state index in [9.17, 15) is 9.90 Å². The maximum Gasteiger partial charge on any atom is 2.00 e. The van der Waals surface area contributed by atoms with Crippen molar-refractivity contribution in [3.63, 3.8) is 0 Å². The Morgan fingerprint density at radius 3 is 1.98 bits per heavy atom. The molecule has 4 heterocycles. The van der Waals surface area contributed by atoms with E-state index >= 15 is 0 Å². The minimum atomic E-state index is -0.217. The summed E-state index contributed by atoms with van der Waals surface area (Å²) in [6.45, 7) is 27.1. The molecule has 1 amide bonds. The Kier molecular flexibility index (Phi) is 39.5. The zero-order valence-electron chi connectivity index (χ0n) is 41.0. The normalized spacial score (nSPS) is 20.4. The molecule has 4 aliphatic heterocycles. The molecule has 60 heavy (non-hydrogen) atoms. The molecule has 11 heteroatoms. The summed E-state index contributed by atoms with van der Waals surface area (Å²) >= 11 is 0. The van der Waals surface area contributed by atoms with Crippen molar-refractivity contribution in [3.05, 3.63) is 30.2 Å². The van der Waals surface area contributed by atoms with Gasteiger partial charge in [0.15, 0.2) is 0 Å². The molecule has 4 saturated heterocycles. The third-order valence-corrected chi connectivity index (χ3v) is 11.8. The van der Waals surface area contributed by atoms with Crippen molar-refractivity contribution >= 4 is 29.0 Å². The second kappa shape index (κ2) is 39.9. The van der Waals surface area contributed by atoms with Crippen molar-refractivity contribution in [1.29, 1.82) is 0 Å². The summed E-state index contributed by atoms with van der Waals surface area (Å²) < 4.78 is 22.1. The van der Waals surface area contributed by atoms with Crippen molar-refractivity contribution in [2.75, 3.05) is 98.7 Å². The fourth-order valence-electron chi connectivity index (χ4n) is 8.72. The molecule has 0 aromatic carbocycles. The summed E-state index contributed by atoms with van der Waals surface area (Å²) in [5, 5.41) is 19.2. The second-order valence-electron chi connectivity index (χ2n) is 16.7. The molecule has 0 spiro atoms. The SMILES string of the molecule is CCCC(=CCCC12COCCN1CCO2)CCC.CCCC(CCC)CCCC1COCCN1CCO.O=C1COCCN1CC[O-].[CH2-]CCC=C(CCC)CCC.[H-].[Mg+2]. The molecule has 1 N–H and O–H groups in total. The van der Waals surface area contributed by atoms with Crippen LogP contribution in [-0.2, 0) is 23.7 Å². The zero-order chi connectivity index (χ0) is 43.4. The van der Waals surface area contributed by atoms with E-state index in [0.29, 0.717) is 25.7 Å². The van der Waals surface area contributed by atoms with Gasteiger partial charge >= 0.3 is 23.1 Å². The van der Waals surface area contributed by atoms with Crippen molar-refractivity contribution in [1.82, 2.24) is 14.7 Å². The number of hydrogen-bond acceptors (Lipinski definition) is 9. The van der Waals surface area contributed by atoms with E-state index < -0.39 is 0 Å². The average molecular weight is 862 g/mol. The second-order valence-corrected chi connectivity index (χ2v) is 16.7. The predicted octanol–water partition coefficient (Wildman–Crippen LogP) is 8.48. The Morgan fingerprint density at radius 1 is 0.817 bits per heavy atom. The molecular formula is C49H94MgN3O7-. The number of carbonyl (C=O) groups excluding carboxylic acids is 1. The van der Waals surface area contributed by atoms with Gasteiger partial charge in [-0.3, -0.25) is 14.6 Å². The number of rotatable bonds is 25. The van der Waals surface area contributed by atoms with Crippen molar-refractivity contribution in [2.24, 2.45) is 5.92 Å².